The number of carbonyl (C=O) groups excluding carboxylic acids is 1. The molecular weight excluding hydrogens is 224 g/mol. The molecule has 0 radical (unpaired) electrons. The van der Waals surface area contributed by atoms with E-state index in [4.69, 9.17) is 5.73 Å². The molecule has 1 aliphatic carbocycles. The lowest BCUT2D eigenvalue weighted by molar-refractivity contribution is 0.181. The number of likely N-dealkylation sites (N-methyl/N-ethyl adjacent to an activating group) is 1. The zero-order chi connectivity index (χ0) is 13.4. The van der Waals surface area contributed by atoms with Gasteiger partial charge in [0.1, 0.15) is 11.5 Å². The van der Waals surface area contributed by atoms with Crippen LogP contribution in [0.2, 0.25) is 0 Å². The Morgan fingerprint density at radius 3 is 2.17 bits per heavy atom. The van der Waals surface area contributed by atoms with E-state index in [0.29, 0.717) is 5.57 Å². The van der Waals surface area contributed by atoms with Crippen molar-refractivity contribution in [2.75, 3.05) is 13.1 Å². The first-order valence-electron chi connectivity index (χ1n) is 6.42. The van der Waals surface area contributed by atoms with Gasteiger partial charge < -0.3 is 5.73 Å². The number of nitrogens with two attached hydrogens (primary N) is 1. The van der Waals surface area contributed by atoms with Gasteiger partial charge in [-0.2, -0.15) is 0 Å². The summed E-state index contributed by atoms with van der Waals surface area (Å²) in [6, 6.07) is 10.0. The molecule has 2 unspecified atom stereocenters. The van der Waals surface area contributed by atoms with Crippen LogP contribution in [0.25, 0.3) is 0 Å². The van der Waals surface area contributed by atoms with Crippen molar-refractivity contribution in [3.8, 4) is 0 Å². The van der Waals surface area contributed by atoms with Gasteiger partial charge in [-0.25, -0.2) is 4.79 Å². The third kappa shape index (κ3) is 1.42. The lowest BCUT2D eigenvalue weighted by atomic mass is 9.98. The van der Waals surface area contributed by atoms with Crippen molar-refractivity contribution in [2.24, 2.45) is 5.73 Å². The van der Waals surface area contributed by atoms with Crippen molar-refractivity contribution in [1.29, 1.82) is 0 Å². The minimum atomic E-state index is -0.623. The van der Waals surface area contributed by atoms with Gasteiger partial charge in [0.25, 0.3) is 0 Å². The number of benzene rings is 1. The van der Waals surface area contributed by atoms with Crippen LogP contribution >= 0.6 is 0 Å². The summed E-state index contributed by atoms with van der Waals surface area (Å²) in [5, 5.41) is 0. The average Bonchev–Trinajstić information content (AvgIpc) is 2.89. The summed E-state index contributed by atoms with van der Waals surface area (Å²) < 4.78 is 0. The zero-order valence-corrected chi connectivity index (χ0v) is 11.2. The number of rotatable bonds is 4. The van der Waals surface area contributed by atoms with Gasteiger partial charge in [-0.1, -0.05) is 44.2 Å². The van der Waals surface area contributed by atoms with Crippen molar-refractivity contribution in [1.82, 2.24) is 4.90 Å². The van der Waals surface area contributed by atoms with E-state index in [9.17, 15) is 4.79 Å². The van der Waals surface area contributed by atoms with Gasteiger partial charge in [-0.15, -0.1) is 0 Å². The van der Waals surface area contributed by atoms with Crippen molar-refractivity contribution < 1.29 is 4.79 Å². The molecule has 0 spiro atoms. The van der Waals surface area contributed by atoms with E-state index in [1.165, 1.54) is 0 Å². The third-order valence-corrected chi connectivity index (χ3v) is 4.10. The number of nitrogens with zero attached hydrogens (tertiary/aromatic N) is 1. The highest BCUT2D eigenvalue weighted by molar-refractivity contribution is 5.77. The maximum atomic E-state index is 11.2. The Bertz CT molecular complexity index is 484. The van der Waals surface area contributed by atoms with Crippen LogP contribution < -0.4 is 5.73 Å². The van der Waals surface area contributed by atoms with Gasteiger partial charge in [-0.05, 0) is 25.6 Å². The molecule has 3 heteroatoms. The minimum Gasteiger partial charge on any atom is -0.319 e. The smallest absolute Gasteiger partial charge is 0.128 e. The molecule has 96 valence electrons. The van der Waals surface area contributed by atoms with Gasteiger partial charge >= 0.3 is 0 Å². The molecule has 2 rings (SSSR count). The molecule has 1 saturated carbocycles. The third-order valence-electron chi connectivity index (χ3n) is 4.10. The lowest BCUT2D eigenvalue weighted by Gasteiger charge is -2.32. The molecule has 18 heavy (non-hydrogen) atoms. The van der Waals surface area contributed by atoms with Gasteiger partial charge in [-0.3, -0.25) is 4.90 Å². The molecule has 2 atom stereocenters. The predicted molar refractivity (Wildman–Crippen MR) is 72.8 cm³/mol. The molecule has 2 N–H and O–H groups in total. The number of hydrogen-bond donors (Lipinski definition) is 1. The second kappa shape index (κ2) is 4.36. The molecule has 1 aromatic carbocycles. The summed E-state index contributed by atoms with van der Waals surface area (Å²) in [5.41, 5.74) is 6.98. The van der Waals surface area contributed by atoms with Crippen molar-refractivity contribution in [3.05, 3.63) is 41.5 Å². The van der Waals surface area contributed by atoms with Crippen molar-refractivity contribution >= 4 is 5.94 Å². The van der Waals surface area contributed by atoms with Crippen LogP contribution in [-0.4, -0.2) is 29.5 Å². The summed E-state index contributed by atoms with van der Waals surface area (Å²) in [6.45, 7) is 7.79. The first-order valence-corrected chi connectivity index (χ1v) is 6.42. The predicted octanol–water partition coefficient (Wildman–Crippen LogP) is 1.71. The Morgan fingerprint density at radius 1 is 1.22 bits per heavy atom. The van der Waals surface area contributed by atoms with Crippen LogP contribution in [0.5, 0.6) is 0 Å². The Hall–Kier alpha value is -1.41. The first-order chi connectivity index (χ1) is 8.57. The monoisotopic (exact) mass is 244 g/mol. The van der Waals surface area contributed by atoms with E-state index in [2.05, 4.69) is 24.7 Å². The van der Waals surface area contributed by atoms with E-state index in [1.807, 2.05) is 37.3 Å². The van der Waals surface area contributed by atoms with Crippen LogP contribution in [0, 0.1) is 0 Å². The average molecular weight is 244 g/mol. The maximum absolute atomic E-state index is 11.2. The van der Waals surface area contributed by atoms with Gasteiger partial charge in [0.15, 0.2) is 0 Å². The van der Waals surface area contributed by atoms with Gasteiger partial charge in [0.05, 0.1) is 11.1 Å². The standard InChI is InChI=1S/C15H20N2O/c1-4-17(5-2)15(12-9-7-6-8-10-12)13(11-18)14(15,3)16/h6-10H,4-5,16H2,1-3H3. The Kier molecular flexibility index (Phi) is 3.16. The molecule has 0 aromatic heterocycles. The summed E-state index contributed by atoms with van der Waals surface area (Å²) in [5.74, 6) is 2.07. The Labute approximate surface area is 108 Å². The Balaban J connectivity index is 2.61. The SMILES string of the molecule is CCN(CC)C1(c2ccccc2)C(=C=O)C1(C)N. The molecule has 3 nitrogen and oxygen atoms in total. The number of hydrogen-bond acceptors (Lipinski definition) is 3. The summed E-state index contributed by atoms with van der Waals surface area (Å²) in [7, 11) is 0. The fourth-order valence-electron chi connectivity index (χ4n) is 3.20. The van der Waals surface area contributed by atoms with Crippen LogP contribution in [0.1, 0.15) is 26.3 Å². The maximum Gasteiger partial charge on any atom is 0.128 e. The molecule has 0 aliphatic heterocycles. The molecule has 1 aliphatic rings. The summed E-state index contributed by atoms with van der Waals surface area (Å²) in [4.78, 5) is 13.5. The minimum absolute atomic E-state index is 0.473. The molecule has 0 amide bonds. The van der Waals surface area contributed by atoms with Crippen LogP contribution in [0.15, 0.2) is 35.9 Å². The highest BCUT2D eigenvalue weighted by atomic mass is 16.1. The second-order valence-corrected chi connectivity index (χ2v) is 4.93. The van der Waals surface area contributed by atoms with E-state index in [-0.39, 0.29) is 0 Å². The highest BCUT2D eigenvalue weighted by Crippen LogP contribution is 2.61. The van der Waals surface area contributed by atoms with E-state index in [1.54, 1.807) is 0 Å². The Morgan fingerprint density at radius 2 is 1.78 bits per heavy atom. The molecular formula is C15H20N2O. The lowest BCUT2D eigenvalue weighted by Crippen LogP contribution is -2.44. The highest BCUT2D eigenvalue weighted by Gasteiger charge is 2.72. The van der Waals surface area contributed by atoms with Crippen LogP contribution in [0.3, 0.4) is 0 Å². The van der Waals surface area contributed by atoms with E-state index in [0.717, 1.165) is 18.7 Å². The topological polar surface area (TPSA) is 46.3 Å². The zero-order valence-electron chi connectivity index (χ0n) is 11.2. The van der Waals surface area contributed by atoms with E-state index < -0.39 is 11.1 Å². The molecule has 0 bridgehead atoms. The normalized spacial score (nSPS) is 30.4. The largest absolute Gasteiger partial charge is 0.319 e. The quantitative estimate of drug-likeness (QED) is 0.820. The first kappa shape index (κ1) is 13.0. The van der Waals surface area contributed by atoms with Crippen molar-refractivity contribution in [3.63, 3.8) is 0 Å². The van der Waals surface area contributed by atoms with E-state index >= 15 is 0 Å². The summed E-state index contributed by atoms with van der Waals surface area (Å²) in [6.07, 6.45) is 0. The van der Waals surface area contributed by atoms with Crippen LogP contribution in [-0.2, 0) is 10.3 Å². The summed E-state index contributed by atoms with van der Waals surface area (Å²) >= 11 is 0. The molecule has 0 heterocycles. The molecule has 0 saturated heterocycles. The second-order valence-electron chi connectivity index (χ2n) is 4.93. The molecule has 1 aromatic rings. The van der Waals surface area contributed by atoms with Crippen LogP contribution in [0.4, 0.5) is 0 Å². The van der Waals surface area contributed by atoms with Crippen molar-refractivity contribution in [2.45, 2.75) is 31.8 Å². The van der Waals surface area contributed by atoms with Gasteiger partial charge in [0.2, 0.25) is 0 Å². The molecule has 1 fully saturated rings. The fraction of sp³-hybridized carbons (Fsp3) is 0.467. The van der Waals surface area contributed by atoms with Gasteiger partial charge in [0, 0.05) is 0 Å². The fourth-order valence-corrected chi connectivity index (χ4v) is 3.20.